The van der Waals surface area contributed by atoms with Gasteiger partial charge in [0.2, 0.25) is 0 Å². The molecule has 0 spiro atoms. The fourth-order valence-electron chi connectivity index (χ4n) is 4.85. The van der Waals surface area contributed by atoms with Crippen LogP contribution in [0.5, 0.6) is 0 Å². The van der Waals surface area contributed by atoms with E-state index >= 15 is 0 Å². The second-order valence-electron chi connectivity index (χ2n) is 8.22. The third kappa shape index (κ3) is 3.20. The number of pyridine rings is 1. The fourth-order valence-corrected chi connectivity index (χ4v) is 6.17. The van der Waals surface area contributed by atoms with E-state index in [0.29, 0.717) is 24.0 Å². The summed E-state index contributed by atoms with van der Waals surface area (Å²) in [4.78, 5) is 9.41. The highest BCUT2D eigenvalue weighted by Gasteiger charge is 2.27. The van der Waals surface area contributed by atoms with Gasteiger partial charge in [0.25, 0.3) is 10.0 Å². The normalized spacial score (nSPS) is 19.6. The van der Waals surface area contributed by atoms with Crippen molar-refractivity contribution in [2.24, 2.45) is 5.92 Å². The van der Waals surface area contributed by atoms with E-state index in [1.807, 2.05) is 13.0 Å². The molecular formula is C23H23N5O2S. The molecule has 8 heteroatoms. The van der Waals surface area contributed by atoms with Gasteiger partial charge in [0, 0.05) is 24.0 Å². The first kappa shape index (κ1) is 19.8. The highest BCUT2D eigenvalue weighted by Crippen LogP contribution is 2.38. The second kappa shape index (κ2) is 7.50. The SMILES string of the molecule is Cc1nc2cnc3c(ccn3S(=O)(=O)c3ccccc3)c2n1C1CCC(CC#N)CC1. The predicted octanol–water partition coefficient (Wildman–Crippen LogP) is 4.58. The van der Waals surface area contributed by atoms with Crippen molar-refractivity contribution in [3.8, 4) is 6.07 Å². The van der Waals surface area contributed by atoms with Gasteiger partial charge in [-0.1, -0.05) is 18.2 Å². The summed E-state index contributed by atoms with van der Waals surface area (Å²) < 4.78 is 29.9. The van der Waals surface area contributed by atoms with Crippen LogP contribution in [-0.4, -0.2) is 26.9 Å². The Bertz CT molecular complexity index is 1410. The summed E-state index contributed by atoms with van der Waals surface area (Å²) in [6.07, 6.45) is 7.89. The number of nitrogens with zero attached hydrogens (tertiary/aromatic N) is 5. The first-order valence-corrected chi connectivity index (χ1v) is 12.0. The van der Waals surface area contributed by atoms with E-state index in [0.717, 1.165) is 47.9 Å². The minimum atomic E-state index is -3.74. The first-order chi connectivity index (χ1) is 15.0. The second-order valence-corrected chi connectivity index (χ2v) is 10.0. The Kier molecular flexibility index (Phi) is 4.78. The lowest BCUT2D eigenvalue weighted by molar-refractivity contribution is 0.279. The van der Waals surface area contributed by atoms with Crippen LogP contribution in [0.25, 0.3) is 22.1 Å². The van der Waals surface area contributed by atoms with Gasteiger partial charge in [-0.25, -0.2) is 22.4 Å². The lowest BCUT2D eigenvalue weighted by atomic mass is 9.84. The van der Waals surface area contributed by atoms with Gasteiger partial charge in [-0.3, -0.25) is 0 Å². The largest absolute Gasteiger partial charge is 0.324 e. The summed E-state index contributed by atoms with van der Waals surface area (Å²) in [5.74, 6) is 1.38. The smallest absolute Gasteiger partial charge is 0.269 e. The Balaban J connectivity index is 1.63. The van der Waals surface area contributed by atoms with E-state index in [1.165, 1.54) is 3.97 Å². The molecule has 7 nitrogen and oxygen atoms in total. The molecule has 31 heavy (non-hydrogen) atoms. The number of benzene rings is 1. The molecule has 158 valence electrons. The van der Waals surface area contributed by atoms with Crippen molar-refractivity contribution < 1.29 is 8.42 Å². The van der Waals surface area contributed by atoms with Gasteiger partial charge in [0.1, 0.15) is 11.3 Å². The van der Waals surface area contributed by atoms with E-state index in [1.54, 1.807) is 42.7 Å². The molecule has 0 saturated heterocycles. The summed E-state index contributed by atoms with van der Waals surface area (Å²) in [6, 6.07) is 12.8. The maximum Gasteiger partial charge on any atom is 0.269 e. The summed E-state index contributed by atoms with van der Waals surface area (Å²) in [6.45, 7) is 1.99. The zero-order valence-electron chi connectivity index (χ0n) is 17.3. The molecule has 1 aliphatic rings. The average molecular weight is 434 g/mol. The lowest BCUT2D eigenvalue weighted by Crippen LogP contribution is -2.19. The molecule has 0 N–H and O–H groups in total. The molecule has 1 saturated carbocycles. The highest BCUT2D eigenvalue weighted by atomic mass is 32.2. The number of nitriles is 1. The van der Waals surface area contributed by atoms with Gasteiger partial charge in [-0.15, -0.1) is 0 Å². The molecule has 0 aliphatic heterocycles. The zero-order chi connectivity index (χ0) is 21.6. The van der Waals surface area contributed by atoms with Crippen LogP contribution in [0.15, 0.2) is 53.7 Å². The number of hydrogen-bond acceptors (Lipinski definition) is 5. The number of aromatic nitrogens is 4. The molecule has 4 aromatic rings. The molecule has 0 radical (unpaired) electrons. The molecule has 0 bridgehead atoms. The maximum absolute atomic E-state index is 13.2. The third-order valence-corrected chi connectivity index (χ3v) is 8.05. The van der Waals surface area contributed by atoms with E-state index < -0.39 is 10.0 Å². The Labute approximate surface area is 181 Å². The van der Waals surface area contributed by atoms with E-state index in [2.05, 4.69) is 15.6 Å². The quantitative estimate of drug-likeness (QED) is 0.470. The van der Waals surface area contributed by atoms with E-state index in [-0.39, 0.29) is 4.90 Å². The minimum absolute atomic E-state index is 0.231. The van der Waals surface area contributed by atoms with Crippen molar-refractivity contribution in [2.75, 3.05) is 0 Å². The van der Waals surface area contributed by atoms with Crippen molar-refractivity contribution in [3.63, 3.8) is 0 Å². The van der Waals surface area contributed by atoms with Crippen molar-refractivity contribution >= 4 is 32.1 Å². The molecule has 0 atom stereocenters. The molecule has 1 aromatic carbocycles. The Morgan fingerprint density at radius 1 is 1.13 bits per heavy atom. The fraction of sp³-hybridized carbons (Fsp3) is 0.348. The Morgan fingerprint density at radius 2 is 1.87 bits per heavy atom. The standard InChI is InChI=1S/C23H23N5O2S/c1-16-26-21-15-25-23-20(12-14-27(23)31(29,30)19-5-3-2-4-6-19)22(21)28(16)18-9-7-17(8-10-18)11-13-24/h2-6,12,14-15,17-18H,7-11H2,1H3. The molecule has 1 aliphatic carbocycles. The molecular weight excluding hydrogens is 410 g/mol. The number of hydrogen-bond donors (Lipinski definition) is 0. The third-order valence-electron chi connectivity index (χ3n) is 6.37. The summed E-state index contributed by atoms with van der Waals surface area (Å²) >= 11 is 0. The van der Waals surface area contributed by atoms with Crippen molar-refractivity contribution in [1.82, 2.24) is 18.5 Å². The van der Waals surface area contributed by atoms with Gasteiger partial charge in [-0.05, 0) is 56.7 Å². The van der Waals surface area contributed by atoms with Crippen LogP contribution in [0.4, 0.5) is 0 Å². The zero-order valence-corrected chi connectivity index (χ0v) is 18.1. The average Bonchev–Trinajstić information content (AvgIpc) is 3.36. The topological polar surface area (TPSA) is 93.6 Å². The Morgan fingerprint density at radius 3 is 2.58 bits per heavy atom. The monoisotopic (exact) mass is 433 g/mol. The van der Waals surface area contributed by atoms with Crippen LogP contribution in [0.1, 0.15) is 44.0 Å². The molecule has 5 rings (SSSR count). The van der Waals surface area contributed by atoms with E-state index in [9.17, 15) is 8.42 Å². The van der Waals surface area contributed by atoms with Gasteiger partial charge in [0.05, 0.1) is 22.7 Å². The highest BCUT2D eigenvalue weighted by molar-refractivity contribution is 7.90. The van der Waals surface area contributed by atoms with Crippen molar-refractivity contribution in [3.05, 3.63) is 54.6 Å². The summed E-state index contributed by atoms with van der Waals surface area (Å²) in [7, 11) is -3.74. The summed E-state index contributed by atoms with van der Waals surface area (Å²) in [5, 5.41) is 9.79. The van der Waals surface area contributed by atoms with Crippen LogP contribution in [0.2, 0.25) is 0 Å². The molecule has 3 heterocycles. The van der Waals surface area contributed by atoms with Gasteiger partial charge >= 0.3 is 0 Å². The number of rotatable bonds is 4. The molecule has 0 unspecified atom stereocenters. The van der Waals surface area contributed by atoms with Crippen LogP contribution in [0, 0.1) is 24.2 Å². The molecule has 3 aromatic heterocycles. The Hall–Kier alpha value is -3.18. The number of fused-ring (bicyclic) bond motifs is 3. The van der Waals surface area contributed by atoms with Crippen LogP contribution < -0.4 is 0 Å². The van der Waals surface area contributed by atoms with Crippen LogP contribution in [-0.2, 0) is 10.0 Å². The summed E-state index contributed by atoms with van der Waals surface area (Å²) in [5.41, 5.74) is 2.13. The van der Waals surface area contributed by atoms with Crippen LogP contribution >= 0.6 is 0 Å². The molecule has 1 fully saturated rings. The lowest BCUT2D eigenvalue weighted by Gasteiger charge is -2.29. The maximum atomic E-state index is 13.2. The number of imidazole rings is 1. The minimum Gasteiger partial charge on any atom is -0.324 e. The van der Waals surface area contributed by atoms with E-state index in [4.69, 9.17) is 10.2 Å². The predicted molar refractivity (Wildman–Crippen MR) is 118 cm³/mol. The van der Waals surface area contributed by atoms with Gasteiger partial charge in [0.15, 0.2) is 5.65 Å². The van der Waals surface area contributed by atoms with Gasteiger partial charge < -0.3 is 4.57 Å². The van der Waals surface area contributed by atoms with Gasteiger partial charge in [-0.2, -0.15) is 5.26 Å². The van der Waals surface area contributed by atoms with Crippen molar-refractivity contribution in [2.45, 2.75) is 50.0 Å². The molecule has 0 amide bonds. The van der Waals surface area contributed by atoms with Crippen LogP contribution in [0.3, 0.4) is 0 Å². The first-order valence-electron chi connectivity index (χ1n) is 10.5. The van der Waals surface area contributed by atoms with Crippen molar-refractivity contribution in [1.29, 1.82) is 5.26 Å². The number of aryl methyl sites for hydroxylation is 1.